The number of benzene rings is 2. The first-order chi connectivity index (χ1) is 10.6. The summed E-state index contributed by atoms with van der Waals surface area (Å²) >= 11 is 0. The van der Waals surface area contributed by atoms with Crippen molar-refractivity contribution >= 4 is 17.4 Å². The molecule has 1 saturated carbocycles. The second-order valence-corrected chi connectivity index (χ2v) is 5.27. The van der Waals surface area contributed by atoms with Crippen molar-refractivity contribution in [2.75, 3.05) is 5.43 Å². The van der Waals surface area contributed by atoms with Crippen LogP contribution in [0.4, 0.5) is 10.1 Å². The number of hydrazone groups is 1. The zero-order valence-electron chi connectivity index (χ0n) is 11.8. The molecule has 0 unspecified atom stereocenters. The number of carboxylic acids is 1. The maximum absolute atomic E-state index is 13.0. The van der Waals surface area contributed by atoms with Crippen LogP contribution in [0.1, 0.15) is 28.8 Å². The molecule has 2 aromatic rings. The van der Waals surface area contributed by atoms with Gasteiger partial charge in [0, 0.05) is 5.92 Å². The maximum Gasteiger partial charge on any atom is 0.335 e. The molecule has 0 atom stereocenters. The molecule has 0 amide bonds. The van der Waals surface area contributed by atoms with Gasteiger partial charge in [-0.2, -0.15) is 5.10 Å². The minimum Gasteiger partial charge on any atom is -0.478 e. The summed E-state index contributed by atoms with van der Waals surface area (Å²) in [5.41, 5.74) is 5.70. The summed E-state index contributed by atoms with van der Waals surface area (Å²) in [6, 6.07) is 12.7. The highest BCUT2D eigenvalue weighted by atomic mass is 19.1. The number of rotatable bonds is 5. The average Bonchev–Trinajstić information content (AvgIpc) is 3.34. The third-order valence-electron chi connectivity index (χ3n) is 3.54. The minimum atomic E-state index is -0.958. The molecule has 3 rings (SSSR count). The molecule has 5 heteroatoms. The zero-order valence-corrected chi connectivity index (χ0v) is 11.8. The van der Waals surface area contributed by atoms with Gasteiger partial charge in [0.2, 0.25) is 0 Å². The molecule has 0 aromatic heterocycles. The van der Waals surface area contributed by atoms with Crippen molar-refractivity contribution in [2.24, 2.45) is 11.0 Å². The quantitative estimate of drug-likeness (QED) is 0.653. The summed E-state index contributed by atoms with van der Waals surface area (Å²) in [7, 11) is 0. The Hall–Kier alpha value is -2.69. The zero-order chi connectivity index (χ0) is 15.5. The second-order valence-electron chi connectivity index (χ2n) is 5.27. The van der Waals surface area contributed by atoms with Gasteiger partial charge < -0.3 is 5.11 Å². The molecular weight excluding hydrogens is 283 g/mol. The number of carboxylic acid groups (broad SMARTS) is 1. The Kier molecular flexibility index (Phi) is 3.87. The number of hydrogen-bond donors (Lipinski definition) is 2. The predicted octanol–water partition coefficient (Wildman–Crippen LogP) is 3.75. The lowest BCUT2D eigenvalue weighted by molar-refractivity contribution is 0.0697. The summed E-state index contributed by atoms with van der Waals surface area (Å²) in [4.78, 5) is 10.8. The lowest BCUT2D eigenvalue weighted by atomic mass is 10.1. The van der Waals surface area contributed by atoms with Crippen LogP contribution in [0.5, 0.6) is 0 Å². The molecule has 0 radical (unpaired) electrons. The summed E-state index contributed by atoms with van der Waals surface area (Å²) in [6.07, 6.45) is 2.16. The minimum absolute atomic E-state index is 0.232. The van der Waals surface area contributed by atoms with Gasteiger partial charge in [-0.1, -0.05) is 12.1 Å². The van der Waals surface area contributed by atoms with Crippen LogP contribution in [0.25, 0.3) is 0 Å². The van der Waals surface area contributed by atoms with E-state index in [4.69, 9.17) is 5.11 Å². The Labute approximate surface area is 127 Å². The van der Waals surface area contributed by atoms with Crippen molar-refractivity contribution in [3.05, 3.63) is 65.5 Å². The highest BCUT2D eigenvalue weighted by Gasteiger charge is 2.28. The van der Waals surface area contributed by atoms with E-state index in [2.05, 4.69) is 10.5 Å². The van der Waals surface area contributed by atoms with Gasteiger partial charge in [0.25, 0.3) is 0 Å². The van der Waals surface area contributed by atoms with Crippen LogP contribution in [0.15, 0.2) is 53.6 Å². The SMILES string of the molecule is O=C(O)c1ccc(NN=C(c2ccc(F)cc2)C2CC2)cc1. The fourth-order valence-electron chi connectivity index (χ4n) is 2.18. The van der Waals surface area contributed by atoms with Gasteiger partial charge in [-0.25, -0.2) is 9.18 Å². The molecule has 22 heavy (non-hydrogen) atoms. The fourth-order valence-corrected chi connectivity index (χ4v) is 2.18. The van der Waals surface area contributed by atoms with E-state index in [9.17, 15) is 9.18 Å². The number of nitrogens with zero attached hydrogens (tertiary/aromatic N) is 1. The third kappa shape index (κ3) is 3.31. The molecule has 1 aliphatic rings. The molecule has 0 aliphatic heterocycles. The Morgan fingerprint density at radius 1 is 1.05 bits per heavy atom. The van der Waals surface area contributed by atoms with E-state index in [1.165, 1.54) is 24.3 Å². The average molecular weight is 298 g/mol. The first-order valence-electron chi connectivity index (χ1n) is 7.06. The monoisotopic (exact) mass is 298 g/mol. The van der Waals surface area contributed by atoms with Crippen LogP contribution < -0.4 is 5.43 Å². The molecule has 0 spiro atoms. The van der Waals surface area contributed by atoms with Crippen LogP contribution in [0, 0.1) is 11.7 Å². The predicted molar refractivity (Wildman–Crippen MR) is 82.7 cm³/mol. The first kappa shape index (κ1) is 14.3. The summed E-state index contributed by atoms with van der Waals surface area (Å²) < 4.78 is 13.0. The standard InChI is InChI=1S/C17H15FN2O2/c18-14-7-3-12(4-8-14)16(11-1-2-11)20-19-15-9-5-13(6-10-15)17(21)22/h3-11,19H,1-2H2,(H,21,22). The van der Waals surface area contributed by atoms with Gasteiger partial charge in [-0.3, -0.25) is 5.43 Å². The normalized spacial score (nSPS) is 14.7. The van der Waals surface area contributed by atoms with Crippen LogP contribution >= 0.6 is 0 Å². The van der Waals surface area contributed by atoms with Crippen molar-refractivity contribution in [1.82, 2.24) is 0 Å². The highest BCUT2D eigenvalue weighted by molar-refractivity contribution is 6.04. The molecule has 0 bridgehead atoms. The second kappa shape index (κ2) is 5.97. The van der Waals surface area contributed by atoms with Gasteiger partial charge >= 0.3 is 5.97 Å². The van der Waals surface area contributed by atoms with Gasteiger partial charge in [-0.05, 0) is 54.8 Å². The molecule has 1 aliphatic carbocycles. The smallest absolute Gasteiger partial charge is 0.335 e. The van der Waals surface area contributed by atoms with Crippen LogP contribution in [-0.2, 0) is 0 Å². The molecule has 2 aromatic carbocycles. The Bertz CT molecular complexity index is 704. The van der Waals surface area contributed by atoms with E-state index in [0.717, 1.165) is 24.1 Å². The Morgan fingerprint density at radius 2 is 1.64 bits per heavy atom. The summed E-state index contributed by atoms with van der Waals surface area (Å²) in [5, 5.41) is 13.3. The topological polar surface area (TPSA) is 61.7 Å². The molecule has 0 heterocycles. The van der Waals surface area contributed by atoms with Crippen molar-refractivity contribution in [3.8, 4) is 0 Å². The Balaban J connectivity index is 1.78. The molecule has 1 fully saturated rings. The number of halogens is 1. The molecular formula is C17H15FN2O2. The van der Waals surface area contributed by atoms with Gasteiger partial charge in [0.15, 0.2) is 0 Å². The molecule has 4 nitrogen and oxygen atoms in total. The van der Waals surface area contributed by atoms with E-state index in [1.54, 1.807) is 24.3 Å². The van der Waals surface area contributed by atoms with E-state index < -0.39 is 5.97 Å². The van der Waals surface area contributed by atoms with Gasteiger partial charge in [-0.15, -0.1) is 0 Å². The number of aromatic carboxylic acids is 1. The van der Waals surface area contributed by atoms with Crippen molar-refractivity contribution in [1.29, 1.82) is 0 Å². The lowest BCUT2D eigenvalue weighted by Gasteiger charge is -2.07. The van der Waals surface area contributed by atoms with E-state index in [-0.39, 0.29) is 11.4 Å². The van der Waals surface area contributed by atoms with Crippen molar-refractivity contribution < 1.29 is 14.3 Å². The van der Waals surface area contributed by atoms with Gasteiger partial charge in [0.1, 0.15) is 5.82 Å². The molecule has 0 saturated heterocycles. The van der Waals surface area contributed by atoms with E-state index in [0.29, 0.717) is 11.6 Å². The lowest BCUT2D eigenvalue weighted by Crippen LogP contribution is -2.07. The van der Waals surface area contributed by atoms with Crippen molar-refractivity contribution in [3.63, 3.8) is 0 Å². The summed E-state index contributed by atoms with van der Waals surface area (Å²) in [5.74, 6) is -0.826. The van der Waals surface area contributed by atoms with Gasteiger partial charge in [0.05, 0.1) is 17.0 Å². The molecule has 112 valence electrons. The first-order valence-corrected chi connectivity index (χ1v) is 7.06. The summed E-state index contributed by atoms with van der Waals surface area (Å²) in [6.45, 7) is 0. The number of carbonyl (C=O) groups is 1. The number of nitrogens with one attached hydrogen (secondary N) is 1. The van der Waals surface area contributed by atoms with Crippen LogP contribution in [0.2, 0.25) is 0 Å². The fraction of sp³-hybridized carbons (Fsp3) is 0.176. The van der Waals surface area contributed by atoms with E-state index >= 15 is 0 Å². The van der Waals surface area contributed by atoms with Crippen LogP contribution in [0.3, 0.4) is 0 Å². The van der Waals surface area contributed by atoms with E-state index in [1.807, 2.05) is 0 Å². The maximum atomic E-state index is 13.0. The number of hydrogen-bond acceptors (Lipinski definition) is 3. The van der Waals surface area contributed by atoms with Crippen LogP contribution in [-0.4, -0.2) is 16.8 Å². The number of anilines is 1. The molecule has 2 N–H and O–H groups in total. The highest BCUT2D eigenvalue weighted by Crippen LogP contribution is 2.33. The third-order valence-corrected chi connectivity index (χ3v) is 3.54. The van der Waals surface area contributed by atoms with Crippen molar-refractivity contribution in [2.45, 2.75) is 12.8 Å². The Morgan fingerprint density at radius 3 is 2.18 bits per heavy atom. The largest absolute Gasteiger partial charge is 0.478 e.